The van der Waals surface area contributed by atoms with E-state index in [-0.39, 0.29) is 18.0 Å². The maximum Gasteiger partial charge on any atom is 0.404 e. The second kappa shape index (κ2) is 9.63. The molecule has 1 heterocycles. The van der Waals surface area contributed by atoms with Gasteiger partial charge in [-0.05, 0) is 29.7 Å². The smallest absolute Gasteiger partial charge is 0.404 e. The van der Waals surface area contributed by atoms with Crippen molar-refractivity contribution < 1.29 is 9.90 Å². The Balaban J connectivity index is 2.13. The number of aromatic nitrogens is 2. The predicted molar refractivity (Wildman–Crippen MR) is 120 cm³/mol. The molecule has 7 nitrogen and oxygen atoms in total. The fourth-order valence-electron chi connectivity index (χ4n) is 3.34. The Morgan fingerprint density at radius 1 is 1.23 bits per heavy atom. The zero-order valence-electron chi connectivity index (χ0n) is 17.0. The van der Waals surface area contributed by atoms with Crippen LogP contribution in [0.4, 0.5) is 10.7 Å². The lowest BCUT2D eigenvalue weighted by molar-refractivity contribution is 0.194. The molecular formula is C22H25ClN4O3. The molecule has 0 aliphatic heterocycles. The molecule has 0 unspecified atom stereocenters. The Bertz CT molecular complexity index is 1080. The van der Waals surface area contributed by atoms with Crippen molar-refractivity contribution in [2.75, 3.05) is 24.5 Å². The molecular weight excluding hydrogens is 404 g/mol. The molecule has 0 saturated carbocycles. The van der Waals surface area contributed by atoms with E-state index in [0.717, 1.165) is 5.56 Å². The van der Waals surface area contributed by atoms with Gasteiger partial charge in [0.25, 0.3) is 5.56 Å². The van der Waals surface area contributed by atoms with Gasteiger partial charge in [-0.25, -0.2) is 9.78 Å². The second-order valence-corrected chi connectivity index (χ2v) is 7.96. The zero-order chi connectivity index (χ0) is 21.7. The zero-order valence-corrected chi connectivity index (χ0v) is 17.8. The van der Waals surface area contributed by atoms with Crippen molar-refractivity contribution in [1.29, 1.82) is 0 Å². The van der Waals surface area contributed by atoms with Crippen molar-refractivity contribution in [3.8, 4) is 0 Å². The molecule has 0 spiro atoms. The van der Waals surface area contributed by atoms with Crippen molar-refractivity contribution in [1.82, 2.24) is 14.9 Å². The molecule has 0 atom stereocenters. The first kappa shape index (κ1) is 21.6. The van der Waals surface area contributed by atoms with E-state index in [0.29, 0.717) is 41.5 Å². The normalized spacial score (nSPS) is 11.1. The third-order valence-electron chi connectivity index (χ3n) is 4.61. The Kier molecular flexibility index (Phi) is 6.95. The number of amides is 1. The van der Waals surface area contributed by atoms with Crippen LogP contribution in [0.15, 0.2) is 53.3 Å². The summed E-state index contributed by atoms with van der Waals surface area (Å²) in [5.74, 6) is 0.784. The van der Waals surface area contributed by atoms with Gasteiger partial charge in [0.1, 0.15) is 0 Å². The lowest BCUT2D eigenvalue weighted by atomic mass is 10.2. The van der Waals surface area contributed by atoms with Crippen LogP contribution in [0.5, 0.6) is 0 Å². The minimum Gasteiger partial charge on any atom is -0.465 e. The molecule has 3 aromatic rings. The molecule has 0 bridgehead atoms. The SMILES string of the molecule is CC(C)CN(CCNC(=O)O)c1nc2cc(Cl)ccc2c(=O)n1Cc1ccccc1. The van der Waals surface area contributed by atoms with E-state index in [1.165, 1.54) is 0 Å². The van der Waals surface area contributed by atoms with Crippen LogP contribution >= 0.6 is 11.6 Å². The van der Waals surface area contributed by atoms with Gasteiger partial charge in [-0.2, -0.15) is 0 Å². The number of benzene rings is 2. The number of nitrogens with one attached hydrogen (secondary N) is 1. The molecule has 0 aliphatic rings. The van der Waals surface area contributed by atoms with Gasteiger partial charge in [0, 0.05) is 24.7 Å². The highest BCUT2D eigenvalue weighted by Gasteiger charge is 2.19. The Morgan fingerprint density at radius 2 is 1.97 bits per heavy atom. The number of nitrogens with zero attached hydrogens (tertiary/aromatic N) is 3. The maximum atomic E-state index is 13.4. The van der Waals surface area contributed by atoms with Gasteiger partial charge < -0.3 is 15.3 Å². The summed E-state index contributed by atoms with van der Waals surface area (Å²) in [6, 6.07) is 14.8. The van der Waals surface area contributed by atoms with E-state index in [1.54, 1.807) is 22.8 Å². The van der Waals surface area contributed by atoms with E-state index in [9.17, 15) is 9.59 Å². The summed E-state index contributed by atoms with van der Waals surface area (Å²) >= 11 is 6.14. The van der Waals surface area contributed by atoms with E-state index >= 15 is 0 Å². The first-order valence-electron chi connectivity index (χ1n) is 9.81. The lowest BCUT2D eigenvalue weighted by Crippen LogP contribution is -2.40. The summed E-state index contributed by atoms with van der Waals surface area (Å²) in [7, 11) is 0. The van der Waals surface area contributed by atoms with Crippen molar-refractivity contribution >= 4 is 34.5 Å². The number of fused-ring (bicyclic) bond motifs is 1. The molecule has 0 radical (unpaired) electrons. The van der Waals surface area contributed by atoms with E-state index in [2.05, 4.69) is 19.2 Å². The highest BCUT2D eigenvalue weighted by atomic mass is 35.5. The number of hydrogen-bond donors (Lipinski definition) is 2. The molecule has 1 aromatic heterocycles. The summed E-state index contributed by atoms with van der Waals surface area (Å²) in [6.07, 6.45) is -1.08. The molecule has 8 heteroatoms. The van der Waals surface area contributed by atoms with E-state index < -0.39 is 6.09 Å². The topological polar surface area (TPSA) is 87.5 Å². The van der Waals surface area contributed by atoms with Crippen LogP contribution < -0.4 is 15.8 Å². The average molecular weight is 429 g/mol. The maximum absolute atomic E-state index is 13.4. The van der Waals surface area contributed by atoms with Crippen LogP contribution in [-0.4, -0.2) is 40.4 Å². The molecule has 3 rings (SSSR count). The molecule has 2 aromatic carbocycles. The van der Waals surface area contributed by atoms with Crippen LogP contribution in [0.1, 0.15) is 19.4 Å². The second-order valence-electron chi connectivity index (χ2n) is 7.52. The largest absolute Gasteiger partial charge is 0.465 e. The summed E-state index contributed by atoms with van der Waals surface area (Å²) < 4.78 is 1.65. The summed E-state index contributed by atoms with van der Waals surface area (Å²) in [4.78, 5) is 31.0. The number of carboxylic acid groups (broad SMARTS) is 1. The highest BCUT2D eigenvalue weighted by Crippen LogP contribution is 2.20. The summed E-state index contributed by atoms with van der Waals surface area (Å²) in [5, 5.41) is 12.3. The third-order valence-corrected chi connectivity index (χ3v) is 4.84. The molecule has 1 amide bonds. The van der Waals surface area contributed by atoms with E-state index in [4.69, 9.17) is 21.7 Å². The molecule has 0 aliphatic carbocycles. The lowest BCUT2D eigenvalue weighted by Gasteiger charge is -2.28. The molecule has 0 saturated heterocycles. The molecule has 158 valence electrons. The monoisotopic (exact) mass is 428 g/mol. The van der Waals surface area contributed by atoms with Crippen molar-refractivity contribution in [2.45, 2.75) is 20.4 Å². The Morgan fingerprint density at radius 3 is 2.63 bits per heavy atom. The first-order valence-corrected chi connectivity index (χ1v) is 10.2. The van der Waals surface area contributed by atoms with Crippen molar-refractivity contribution in [3.05, 3.63) is 69.5 Å². The molecule has 30 heavy (non-hydrogen) atoms. The average Bonchev–Trinajstić information content (AvgIpc) is 2.69. The first-order chi connectivity index (χ1) is 14.3. The fourth-order valence-corrected chi connectivity index (χ4v) is 3.51. The van der Waals surface area contributed by atoms with Gasteiger partial charge in [0.15, 0.2) is 0 Å². The number of halogens is 1. The van der Waals surface area contributed by atoms with Gasteiger partial charge >= 0.3 is 6.09 Å². The number of hydrogen-bond acceptors (Lipinski definition) is 4. The standard InChI is InChI=1S/C22H25ClN4O3/c1-15(2)13-26(11-10-24-22(29)30)21-25-19-12-17(23)8-9-18(19)20(28)27(21)14-16-6-4-3-5-7-16/h3-9,12,15,24H,10-11,13-14H2,1-2H3,(H,29,30). The summed E-state index contributed by atoms with van der Waals surface area (Å²) in [6.45, 7) is 5.72. The molecule has 2 N–H and O–H groups in total. The Hall–Kier alpha value is -3.06. The van der Waals surface area contributed by atoms with Gasteiger partial charge in [0.05, 0.1) is 17.4 Å². The van der Waals surface area contributed by atoms with Crippen molar-refractivity contribution in [3.63, 3.8) is 0 Å². The summed E-state index contributed by atoms with van der Waals surface area (Å²) in [5.41, 5.74) is 1.34. The Labute approximate surface area is 179 Å². The van der Waals surface area contributed by atoms with E-state index in [1.807, 2.05) is 35.2 Å². The van der Waals surface area contributed by atoms with Gasteiger partial charge in [-0.15, -0.1) is 0 Å². The predicted octanol–water partition coefficient (Wildman–Crippen LogP) is 3.83. The van der Waals surface area contributed by atoms with Gasteiger partial charge in [0.2, 0.25) is 5.95 Å². The highest BCUT2D eigenvalue weighted by molar-refractivity contribution is 6.31. The minimum atomic E-state index is -1.08. The van der Waals surface area contributed by atoms with Crippen LogP contribution in [0, 0.1) is 5.92 Å². The van der Waals surface area contributed by atoms with Crippen molar-refractivity contribution in [2.24, 2.45) is 5.92 Å². The minimum absolute atomic E-state index is 0.157. The molecule has 0 fully saturated rings. The van der Waals surface area contributed by atoms with Crippen LogP contribution in [0.25, 0.3) is 10.9 Å². The van der Waals surface area contributed by atoms with Crippen LogP contribution in [0.2, 0.25) is 5.02 Å². The number of anilines is 1. The van der Waals surface area contributed by atoms with Crippen LogP contribution in [0.3, 0.4) is 0 Å². The van der Waals surface area contributed by atoms with Gasteiger partial charge in [-0.3, -0.25) is 9.36 Å². The number of rotatable bonds is 8. The third kappa shape index (κ3) is 5.30. The fraction of sp³-hybridized carbons (Fsp3) is 0.318. The van der Waals surface area contributed by atoms with Gasteiger partial charge in [-0.1, -0.05) is 55.8 Å². The number of carbonyl (C=O) groups is 1. The van der Waals surface area contributed by atoms with Crippen LogP contribution in [-0.2, 0) is 6.54 Å². The quantitative estimate of drug-likeness (QED) is 0.569.